The number of hydrogen-bond acceptors (Lipinski definition) is 4. The molecule has 0 atom stereocenters. The van der Waals surface area contributed by atoms with Crippen molar-refractivity contribution in [3.8, 4) is 11.5 Å². The molecule has 1 aromatic heterocycles. The molecule has 0 saturated heterocycles. The summed E-state index contributed by atoms with van der Waals surface area (Å²) in [6.45, 7) is 1.52. The first-order valence-corrected chi connectivity index (χ1v) is 6.65. The van der Waals surface area contributed by atoms with Gasteiger partial charge in [0.2, 0.25) is 0 Å². The molecule has 108 valence electrons. The zero-order valence-electron chi connectivity index (χ0n) is 11.3. The van der Waals surface area contributed by atoms with Crippen molar-refractivity contribution < 1.29 is 14.3 Å². The largest absolute Gasteiger partial charge is 0.486 e. The SMILES string of the molecule is O=C(NCc1ccc2c(c1)OCCO2)Nc1cccnc1. The fourth-order valence-electron chi connectivity index (χ4n) is 1.99. The van der Waals surface area contributed by atoms with Crippen LogP contribution in [-0.2, 0) is 6.54 Å². The van der Waals surface area contributed by atoms with E-state index in [2.05, 4.69) is 15.6 Å². The second-order valence-electron chi connectivity index (χ2n) is 4.53. The number of urea groups is 1. The average molecular weight is 285 g/mol. The molecule has 0 bridgehead atoms. The number of pyridine rings is 1. The van der Waals surface area contributed by atoms with Crippen molar-refractivity contribution in [2.75, 3.05) is 18.5 Å². The van der Waals surface area contributed by atoms with Crippen LogP contribution in [0.5, 0.6) is 11.5 Å². The third-order valence-electron chi connectivity index (χ3n) is 2.98. The summed E-state index contributed by atoms with van der Waals surface area (Å²) >= 11 is 0. The van der Waals surface area contributed by atoms with Crippen LogP contribution >= 0.6 is 0 Å². The first kappa shape index (κ1) is 13.2. The topological polar surface area (TPSA) is 72.5 Å². The maximum atomic E-state index is 11.8. The molecule has 2 amide bonds. The summed E-state index contributed by atoms with van der Waals surface area (Å²) in [5, 5.41) is 5.49. The van der Waals surface area contributed by atoms with E-state index < -0.39 is 0 Å². The molecule has 3 rings (SSSR count). The first-order valence-electron chi connectivity index (χ1n) is 6.65. The first-order chi connectivity index (χ1) is 10.3. The number of anilines is 1. The van der Waals surface area contributed by atoms with Gasteiger partial charge in [-0.2, -0.15) is 0 Å². The summed E-state index contributed by atoms with van der Waals surface area (Å²) in [5.41, 5.74) is 1.60. The van der Waals surface area contributed by atoms with Gasteiger partial charge in [0, 0.05) is 12.7 Å². The van der Waals surface area contributed by atoms with E-state index in [1.165, 1.54) is 0 Å². The molecule has 2 aromatic rings. The number of nitrogens with one attached hydrogen (secondary N) is 2. The van der Waals surface area contributed by atoms with Crippen molar-refractivity contribution in [1.82, 2.24) is 10.3 Å². The van der Waals surface area contributed by atoms with E-state index in [-0.39, 0.29) is 6.03 Å². The zero-order valence-corrected chi connectivity index (χ0v) is 11.3. The Balaban J connectivity index is 1.56. The summed E-state index contributed by atoms with van der Waals surface area (Å²) in [6.07, 6.45) is 3.24. The van der Waals surface area contributed by atoms with Gasteiger partial charge in [-0.1, -0.05) is 6.07 Å². The number of aromatic nitrogens is 1. The van der Waals surface area contributed by atoms with E-state index >= 15 is 0 Å². The third-order valence-corrected chi connectivity index (χ3v) is 2.98. The van der Waals surface area contributed by atoms with Crippen LogP contribution in [0.1, 0.15) is 5.56 Å². The summed E-state index contributed by atoms with van der Waals surface area (Å²) < 4.78 is 11.0. The van der Waals surface area contributed by atoms with Gasteiger partial charge < -0.3 is 20.1 Å². The Kier molecular flexibility index (Phi) is 3.86. The van der Waals surface area contributed by atoms with Gasteiger partial charge in [-0.05, 0) is 29.8 Å². The van der Waals surface area contributed by atoms with Crippen LogP contribution in [0.4, 0.5) is 10.5 Å². The number of rotatable bonds is 3. The number of carbonyl (C=O) groups is 1. The van der Waals surface area contributed by atoms with Gasteiger partial charge in [0.15, 0.2) is 11.5 Å². The normalized spacial score (nSPS) is 12.6. The van der Waals surface area contributed by atoms with E-state index in [0.717, 1.165) is 11.3 Å². The molecule has 0 fully saturated rings. The van der Waals surface area contributed by atoms with Crippen LogP contribution in [0, 0.1) is 0 Å². The van der Waals surface area contributed by atoms with Gasteiger partial charge in [0.1, 0.15) is 13.2 Å². The molecule has 1 aliphatic rings. The van der Waals surface area contributed by atoms with Crippen LogP contribution in [0.2, 0.25) is 0 Å². The Morgan fingerprint density at radius 1 is 1.19 bits per heavy atom. The lowest BCUT2D eigenvalue weighted by molar-refractivity contribution is 0.171. The Labute approximate surface area is 122 Å². The van der Waals surface area contributed by atoms with Crippen LogP contribution in [0.3, 0.4) is 0 Å². The van der Waals surface area contributed by atoms with Crippen molar-refractivity contribution in [1.29, 1.82) is 0 Å². The molecule has 6 nitrogen and oxygen atoms in total. The third kappa shape index (κ3) is 3.42. The number of amides is 2. The van der Waals surface area contributed by atoms with E-state index in [4.69, 9.17) is 9.47 Å². The molecule has 2 N–H and O–H groups in total. The number of benzene rings is 1. The summed E-state index contributed by atoms with van der Waals surface area (Å²) in [4.78, 5) is 15.7. The van der Waals surface area contributed by atoms with Gasteiger partial charge in [0.25, 0.3) is 0 Å². The van der Waals surface area contributed by atoms with Crippen molar-refractivity contribution in [3.63, 3.8) is 0 Å². The van der Waals surface area contributed by atoms with Gasteiger partial charge in [-0.15, -0.1) is 0 Å². The van der Waals surface area contributed by atoms with Gasteiger partial charge in [-0.25, -0.2) is 4.79 Å². The molecule has 0 unspecified atom stereocenters. The molecular formula is C15H15N3O3. The fourth-order valence-corrected chi connectivity index (χ4v) is 1.99. The Morgan fingerprint density at radius 3 is 2.86 bits per heavy atom. The number of fused-ring (bicyclic) bond motifs is 1. The molecule has 0 spiro atoms. The van der Waals surface area contributed by atoms with Gasteiger partial charge in [-0.3, -0.25) is 4.98 Å². The lowest BCUT2D eigenvalue weighted by Gasteiger charge is -2.19. The maximum Gasteiger partial charge on any atom is 0.319 e. The predicted octanol–water partition coefficient (Wildman–Crippen LogP) is 2.17. The second kappa shape index (κ2) is 6.13. The minimum Gasteiger partial charge on any atom is -0.486 e. The molecule has 6 heteroatoms. The minimum atomic E-state index is -0.280. The van der Waals surface area contributed by atoms with Crippen LogP contribution in [-0.4, -0.2) is 24.2 Å². The maximum absolute atomic E-state index is 11.8. The molecule has 21 heavy (non-hydrogen) atoms. The van der Waals surface area contributed by atoms with Crippen molar-refractivity contribution >= 4 is 11.7 Å². The van der Waals surface area contributed by atoms with E-state index in [1.807, 2.05) is 18.2 Å². The van der Waals surface area contributed by atoms with Crippen molar-refractivity contribution in [3.05, 3.63) is 48.3 Å². The molecule has 0 radical (unpaired) electrons. The standard InChI is InChI=1S/C15H15N3O3/c19-15(18-12-2-1-5-16-10-12)17-9-11-3-4-13-14(8-11)21-7-6-20-13/h1-5,8,10H,6-7,9H2,(H2,17,18,19). The van der Waals surface area contributed by atoms with E-state index in [0.29, 0.717) is 31.2 Å². The lowest BCUT2D eigenvalue weighted by Crippen LogP contribution is -2.28. The van der Waals surface area contributed by atoms with Crippen LogP contribution < -0.4 is 20.1 Å². The highest BCUT2D eigenvalue weighted by atomic mass is 16.6. The fraction of sp³-hybridized carbons (Fsp3) is 0.200. The van der Waals surface area contributed by atoms with Gasteiger partial charge >= 0.3 is 6.03 Å². The highest BCUT2D eigenvalue weighted by Crippen LogP contribution is 2.30. The highest BCUT2D eigenvalue weighted by molar-refractivity contribution is 5.88. The Bertz CT molecular complexity index is 631. The minimum absolute atomic E-state index is 0.280. The quantitative estimate of drug-likeness (QED) is 0.906. The molecule has 1 aliphatic heterocycles. The summed E-state index contributed by atoms with van der Waals surface area (Å²) in [5.74, 6) is 1.46. The predicted molar refractivity (Wildman–Crippen MR) is 77.5 cm³/mol. The molecular weight excluding hydrogens is 270 g/mol. The highest BCUT2D eigenvalue weighted by Gasteiger charge is 2.11. The number of hydrogen-bond donors (Lipinski definition) is 2. The monoisotopic (exact) mass is 285 g/mol. The number of ether oxygens (including phenoxy) is 2. The second-order valence-corrected chi connectivity index (χ2v) is 4.53. The Morgan fingerprint density at radius 2 is 2.05 bits per heavy atom. The molecule has 0 aliphatic carbocycles. The van der Waals surface area contributed by atoms with Crippen LogP contribution in [0.15, 0.2) is 42.7 Å². The lowest BCUT2D eigenvalue weighted by atomic mass is 10.2. The van der Waals surface area contributed by atoms with Crippen molar-refractivity contribution in [2.45, 2.75) is 6.54 Å². The van der Waals surface area contributed by atoms with E-state index in [9.17, 15) is 4.79 Å². The van der Waals surface area contributed by atoms with Crippen molar-refractivity contribution in [2.24, 2.45) is 0 Å². The number of nitrogens with zero attached hydrogens (tertiary/aromatic N) is 1. The number of carbonyl (C=O) groups excluding carboxylic acids is 1. The smallest absolute Gasteiger partial charge is 0.319 e. The molecule has 2 heterocycles. The molecule has 0 saturated carbocycles. The van der Waals surface area contributed by atoms with Gasteiger partial charge in [0.05, 0.1) is 11.9 Å². The molecule has 1 aromatic carbocycles. The average Bonchev–Trinajstić information content (AvgIpc) is 2.54. The summed E-state index contributed by atoms with van der Waals surface area (Å²) in [7, 11) is 0. The van der Waals surface area contributed by atoms with E-state index in [1.54, 1.807) is 24.5 Å². The zero-order chi connectivity index (χ0) is 14.5. The summed E-state index contributed by atoms with van der Waals surface area (Å²) in [6, 6.07) is 8.88. The Hall–Kier alpha value is -2.76. The van der Waals surface area contributed by atoms with Crippen LogP contribution in [0.25, 0.3) is 0 Å².